The smallest absolute Gasteiger partial charge is 0.356 e. The van der Waals surface area contributed by atoms with Crippen molar-refractivity contribution >= 4 is 29.4 Å². The maximum Gasteiger partial charge on any atom is 0.356 e. The SMILES string of the molecule is CC(=O)Nc1cc(NC(=O)c2cc(C(=O)O)nn2C)nn1C. The predicted octanol–water partition coefficient (Wildman–Crippen LogP) is 0.0625. The monoisotopic (exact) mass is 306 g/mol. The Hall–Kier alpha value is -3.17. The number of carboxylic acid groups (broad SMARTS) is 1. The number of nitrogens with one attached hydrogen (secondary N) is 2. The Bertz CT molecular complexity index is 760. The number of carboxylic acids is 1. The van der Waals surface area contributed by atoms with Crippen LogP contribution in [-0.4, -0.2) is 42.5 Å². The average Bonchev–Trinajstić information content (AvgIpc) is 2.93. The van der Waals surface area contributed by atoms with Gasteiger partial charge in [0.2, 0.25) is 5.91 Å². The van der Waals surface area contributed by atoms with E-state index in [1.807, 2.05) is 0 Å². The van der Waals surface area contributed by atoms with E-state index < -0.39 is 11.9 Å². The van der Waals surface area contributed by atoms with Gasteiger partial charge in [0.05, 0.1) is 0 Å². The van der Waals surface area contributed by atoms with Crippen molar-refractivity contribution in [3.05, 3.63) is 23.5 Å². The van der Waals surface area contributed by atoms with Gasteiger partial charge in [-0.15, -0.1) is 0 Å². The number of amides is 2. The number of aromatic carboxylic acids is 1. The molecule has 2 rings (SSSR count). The first kappa shape index (κ1) is 15.2. The van der Waals surface area contributed by atoms with Crippen LogP contribution in [0.4, 0.5) is 11.6 Å². The molecule has 22 heavy (non-hydrogen) atoms. The lowest BCUT2D eigenvalue weighted by Gasteiger charge is -2.01. The van der Waals surface area contributed by atoms with Gasteiger partial charge in [-0.2, -0.15) is 10.2 Å². The fourth-order valence-electron chi connectivity index (χ4n) is 1.79. The molecule has 0 aliphatic heterocycles. The minimum absolute atomic E-state index is 0.0733. The summed E-state index contributed by atoms with van der Waals surface area (Å²) in [7, 11) is 3.07. The van der Waals surface area contributed by atoms with Crippen LogP contribution in [0.5, 0.6) is 0 Å². The van der Waals surface area contributed by atoms with Gasteiger partial charge in [0, 0.05) is 33.2 Å². The van der Waals surface area contributed by atoms with Crippen molar-refractivity contribution in [1.29, 1.82) is 0 Å². The van der Waals surface area contributed by atoms with E-state index in [9.17, 15) is 14.4 Å². The highest BCUT2D eigenvalue weighted by Crippen LogP contribution is 2.14. The molecule has 0 saturated carbocycles. The normalized spacial score (nSPS) is 10.3. The molecule has 2 aromatic rings. The summed E-state index contributed by atoms with van der Waals surface area (Å²) >= 11 is 0. The molecule has 0 bridgehead atoms. The molecular weight excluding hydrogens is 292 g/mol. The van der Waals surface area contributed by atoms with Crippen LogP contribution in [0.2, 0.25) is 0 Å². The lowest BCUT2D eigenvalue weighted by Crippen LogP contribution is -2.16. The van der Waals surface area contributed by atoms with Crippen molar-refractivity contribution < 1.29 is 19.5 Å². The molecule has 2 heterocycles. The van der Waals surface area contributed by atoms with E-state index in [-0.39, 0.29) is 23.1 Å². The summed E-state index contributed by atoms with van der Waals surface area (Å²) in [5.74, 6) is -1.41. The van der Waals surface area contributed by atoms with Crippen LogP contribution in [0.15, 0.2) is 12.1 Å². The quantitative estimate of drug-likeness (QED) is 0.732. The average molecular weight is 306 g/mol. The number of carbonyl (C=O) groups is 3. The van der Waals surface area contributed by atoms with Crippen molar-refractivity contribution in [3.63, 3.8) is 0 Å². The summed E-state index contributed by atoms with van der Waals surface area (Å²) in [6.07, 6.45) is 0. The molecule has 2 amide bonds. The Morgan fingerprint density at radius 1 is 1.09 bits per heavy atom. The number of hydrogen-bond acceptors (Lipinski definition) is 5. The molecule has 10 heteroatoms. The highest BCUT2D eigenvalue weighted by Gasteiger charge is 2.18. The third-order valence-corrected chi connectivity index (χ3v) is 2.76. The highest BCUT2D eigenvalue weighted by atomic mass is 16.4. The minimum Gasteiger partial charge on any atom is -0.476 e. The third kappa shape index (κ3) is 3.11. The first-order chi connectivity index (χ1) is 10.3. The largest absolute Gasteiger partial charge is 0.476 e. The lowest BCUT2D eigenvalue weighted by atomic mass is 10.3. The Morgan fingerprint density at radius 2 is 1.77 bits per heavy atom. The Morgan fingerprint density at radius 3 is 2.32 bits per heavy atom. The van der Waals surface area contributed by atoms with Gasteiger partial charge in [-0.05, 0) is 0 Å². The zero-order chi connectivity index (χ0) is 16.4. The second kappa shape index (κ2) is 5.68. The third-order valence-electron chi connectivity index (χ3n) is 2.76. The van der Waals surface area contributed by atoms with Crippen molar-refractivity contribution in [2.75, 3.05) is 10.6 Å². The Balaban J connectivity index is 2.18. The number of hydrogen-bond donors (Lipinski definition) is 3. The molecule has 2 aromatic heterocycles. The lowest BCUT2D eigenvalue weighted by molar-refractivity contribution is -0.114. The van der Waals surface area contributed by atoms with Crippen LogP contribution in [0, 0.1) is 0 Å². The van der Waals surface area contributed by atoms with Crippen LogP contribution >= 0.6 is 0 Å². The van der Waals surface area contributed by atoms with Gasteiger partial charge < -0.3 is 15.7 Å². The highest BCUT2D eigenvalue weighted by molar-refractivity contribution is 6.04. The molecule has 0 fully saturated rings. The van der Waals surface area contributed by atoms with Gasteiger partial charge in [-0.25, -0.2) is 4.79 Å². The summed E-state index contributed by atoms with van der Waals surface area (Å²) in [6.45, 7) is 1.36. The van der Waals surface area contributed by atoms with Gasteiger partial charge in [-0.1, -0.05) is 0 Å². The summed E-state index contributed by atoms with van der Waals surface area (Å²) in [5, 5.41) is 21.6. The van der Waals surface area contributed by atoms with Gasteiger partial charge in [0.25, 0.3) is 5.91 Å². The van der Waals surface area contributed by atoms with Crippen LogP contribution in [0.1, 0.15) is 27.9 Å². The second-order valence-electron chi connectivity index (χ2n) is 4.52. The van der Waals surface area contributed by atoms with Crippen molar-refractivity contribution in [2.24, 2.45) is 14.1 Å². The maximum absolute atomic E-state index is 12.1. The van der Waals surface area contributed by atoms with Crippen LogP contribution < -0.4 is 10.6 Å². The fourth-order valence-corrected chi connectivity index (χ4v) is 1.79. The van der Waals surface area contributed by atoms with E-state index in [2.05, 4.69) is 20.8 Å². The molecule has 3 N–H and O–H groups in total. The van der Waals surface area contributed by atoms with Gasteiger partial charge in [0.1, 0.15) is 11.5 Å². The minimum atomic E-state index is -1.22. The fraction of sp³-hybridized carbons (Fsp3) is 0.250. The molecule has 0 saturated heterocycles. The number of nitrogens with zero attached hydrogens (tertiary/aromatic N) is 4. The molecule has 0 aromatic carbocycles. The topological polar surface area (TPSA) is 131 Å². The molecular formula is C12H14N6O4. The molecule has 0 atom stereocenters. The van der Waals surface area contributed by atoms with E-state index in [1.54, 1.807) is 7.05 Å². The summed E-state index contributed by atoms with van der Waals surface area (Å²) in [6, 6.07) is 2.64. The van der Waals surface area contributed by atoms with Gasteiger partial charge in [0.15, 0.2) is 11.5 Å². The first-order valence-corrected chi connectivity index (χ1v) is 6.18. The molecule has 10 nitrogen and oxygen atoms in total. The van der Waals surface area contributed by atoms with Crippen LogP contribution in [0.3, 0.4) is 0 Å². The summed E-state index contributed by atoms with van der Waals surface area (Å²) in [5.41, 5.74) is -0.156. The molecule has 0 spiro atoms. The standard InChI is InChI=1S/C12H14N6O4/c1-6(19)13-10-5-9(16-18(10)3)14-11(20)8-4-7(12(21)22)15-17(8)2/h4-5H,1-3H3,(H,13,19)(H,21,22)(H,14,16,20). The molecule has 116 valence electrons. The van der Waals surface area contributed by atoms with Crippen molar-refractivity contribution in [2.45, 2.75) is 6.92 Å². The molecule has 0 radical (unpaired) electrons. The summed E-state index contributed by atoms with van der Waals surface area (Å²) < 4.78 is 2.55. The Kier molecular flexibility index (Phi) is 3.93. The van der Waals surface area contributed by atoms with Crippen LogP contribution in [0.25, 0.3) is 0 Å². The van der Waals surface area contributed by atoms with E-state index in [1.165, 1.54) is 24.7 Å². The van der Waals surface area contributed by atoms with Gasteiger partial charge in [-0.3, -0.25) is 19.0 Å². The molecule has 0 unspecified atom stereocenters. The van der Waals surface area contributed by atoms with Crippen molar-refractivity contribution in [3.8, 4) is 0 Å². The van der Waals surface area contributed by atoms with Crippen molar-refractivity contribution in [1.82, 2.24) is 19.6 Å². The maximum atomic E-state index is 12.1. The van der Waals surface area contributed by atoms with Crippen LogP contribution in [-0.2, 0) is 18.9 Å². The molecule has 0 aliphatic carbocycles. The predicted molar refractivity (Wildman–Crippen MR) is 75.6 cm³/mol. The first-order valence-electron chi connectivity index (χ1n) is 6.18. The second-order valence-corrected chi connectivity index (χ2v) is 4.52. The number of aryl methyl sites for hydroxylation is 2. The van der Waals surface area contributed by atoms with E-state index in [0.29, 0.717) is 5.82 Å². The zero-order valence-electron chi connectivity index (χ0n) is 12.1. The van der Waals surface area contributed by atoms with E-state index in [0.717, 1.165) is 10.7 Å². The number of anilines is 2. The molecule has 0 aliphatic rings. The van der Waals surface area contributed by atoms with Gasteiger partial charge >= 0.3 is 5.97 Å². The van der Waals surface area contributed by atoms with E-state index in [4.69, 9.17) is 5.11 Å². The zero-order valence-corrected chi connectivity index (χ0v) is 12.1. The number of rotatable bonds is 4. The number of carbonyl (C=O) groups excluding carboxylic acids is 2. The van der Waals surface area contributed by atoms with E-state index >= 15 is 0 Å². The summed E-state index contributed by atoms with van der Waals surface area (Å²) in [4.78, 5) is 34.0. The number of aromatic nitrogens is 4. The Labute approximate surface area is 124 Å².